The number of aliphatic carboxylic acids is 1. The van der Waals surface area contributed by atoms with Crippen LogP contribution in [0.3, 0.4) is 0 Å². The third-order valence-corrected chi connectivity index (χ3v) is 1.77. The van der Waals surface area contributed by atoms with E-state index >= 15 is 0 Å². The average Bonchev–Trinajstić information content (AvgIpc) is 2.18. The second-order valence-corrected chi connectivity index (χ2v) is 3.06. The quantitative estimate of drug-likeness (QED) is 0.668. The van der Waals surface area contributed by atoms with Crippen molar-refractivity contribution in [2.24, 2.45) is 5.73 Å². The highest BCUT2D eigenvalue weighted by molar-refractivity contribution is 5.96. The molecule has 0 saturated carbocycles. The largest absolute Gasteiger partial charge is 0.481 e. The number of hydrogen-bond donors (Lipinski definition) is 3. The lowest BCUT2D eigenvalue weighted by Gasteiger charge is -2.09. The van der Waals surface area contributed by atoms with Gasteiger partial charge in [0.1, 0.15) is 0 Å². The zero-order chi connectivity index (χ0) is 11.3. The van der Waals surface area contributed by atoms with Crippen LogP contribution in [0, 0.1) is 0 Å². The van der Waals surface area contributed by atoms with Gasteiger partial charge in [0.15, 0.2) is 0 Å². The fourth-order valence-electron chi connectivity index (χ4n) is 1.04. The van der Waals surface area contributed by atoms with Crippen LogP contribution < -0.4 is 11.1 Å². The standard InChI is InChI=1S/C10H12N2O3/c11-8(6-9(13)14)10(15)12-7-4-2-1-3-5-7/h1-5,8H,6,11H2,(H,12,15)(H,13,14)/t8-/m0/s1. The lowest BCUT2D eigenvalue weighted by atomic mass is 10.2. The van der Waals surface area contributed by atoms with Gasteiger partial charge in [-0.1, -0.05) is 18.2 Å². The molecule has 0 aliphatic carbocycles. The number of carboxylic acid groups (broad SMARTS) is 1. The molecule has 0 radical (unpaired) electrons. The Morgan fingerprint density at radius 2 is 1.93 bits per heavy atom. The molecule has 0 fully saturated rings. The average molecular weight is 208 g/mol. The summed E-state index contributed by atoms with van der Waals surface area (Å²) in [6, 6.07) is 7.71. The van der Waals surface area contributed by atoms with Crippen molar-refractivity contribution < 1.29 is 14.7 Å². The van der Waals surface area contributed by atoms with Gasteiger partial charge in [-0.15, -0.1) is 0 Å². The summed E-state index contributed by atoms with van der Waals surface area (Å²) in [6.45, 7) is 0. The molecule has 0 saturated heterocycles. The number of carbonyl (C=O) groups is 2. The molecule has 5 nitrogen and oxygen atoms in total. The van der Waals surface area contributed by atoms with Gasteiger partial charge in [0.25, 0.3) is 0 Å². The summed E-state index contributed by atoms with van der Waals surface area (Å²) < 4.78 is 0. The van der Waals surface area contributed by atoms with E-state index in [1.54, 1.807) is 24.3 Å². The number of hydrogen-bond acceptors (Lipinski definition) is 3. The molecule has 0 spiro atoms. The molecule has 1 amide bonds. The van der Waals surface area contributed by atoms with Crippen molar-refractivity contribution in [1.82, 2.24) is 0 Å². The highest BCUT2D eigenvalue weighted by atomic mass is 16.4. The van der Waals surface area contributed by atoms with E-state index in [-0.39, 0.29) is 6.42 Å². The summed E-state index contributed by atoms with van der Waals surface area (Å²) in [5.41, 5.74) is 5.97. The summed E-state index contributed by atoms with van der Waals surface area (Å²) in [4.78, 5) is 21.7. The normalized spacial score (nSPS) is 11.8. The molecule has 0 bridgehead atoms. The fourth-order valence-corrected chi connectivity index (χ4v) is 1.04. The highest BCUT2D eigenvalue weighted by Gasteiger charge is 2.16. The van der Waals surface area contributed by atoms with Gasteiger partial charge in [0.2, 0.25) is 5.91 Å². The SMILES string of the molecule is N[C@@H](CC(=O)O)C(=O)Nc1ccccc1. The number of carboxylic acids is 1. The minimum atomic E-state index is -1.09. The van der Waals surface area contributed by atoms with Gasteiger partial charge >= 0.3 is 5.97 Å². The number of rotatable bonds is 4. The summed E-state index contributed by atoms with van der Waals surface area (Å²) >= 11 is 0. The number of nitrogens with one attached hydrogen (secondary N) is 1. The van der Waals surface area contributed by atoms with Gasteiger partial charge in [0.05, 0.1) is 12.5 Å². The summed E-state index contributed by atoms with van der Waals surface area (Å²) in [6.07, 6.45) is -0.376. The number of anilines is 1. The minimum absolute atomic E-state index is 0.376. The molecule has 1 aromatic rings. The molecular weight excluding hydrogens is 196 g/mol. The third kappa shape index (κ3) is 3.78. The lowest BCUT2D eigenvalue weighted by Crippen LogP contribution is -2.37. The van der Waals surface area contributed by atoms with Crippen molar-refractivity contribution in [1.29, 1.82) is 0 Å². The Morgan fingerprint density at radius 1 is 1.33 bits per heavy atom. The van der Waals surface area contributed by atoms with Crippen LogP contribution in [-0.2, 0) is 9.59 Å². The number of carbonyl (C=O) groups excluding carboxylic acids is 1. The Bertz CT molecular complexity index is 351. The molecule has 0 unspecified atom stereocenters. The van der Waals surface area contributed by atoms with Gasteiger partial charge in [-0.25, -0.2) is 0 Å². The monoisotopic (exact) mass is 208 g/mol. The zero-order valence-corrected chi connectivity index (χ0v) is 8.01. The van der Waals surface area contributed by atoms with E-state index in [1.165, 1.54) is 0 Å². The van der Waals surface area contributed by atoms with Crippen LogP contribution in [0.15, 0.2) is 30.3 Å². The van der Waals surface area contributed by atoms with Crippen LogP contribution in [0.4, 0.5) is 5.69 Å². The molecule has 0 aliphatic rings. The smallest absolute Gasteiger partial charge is 0.305 e. The molecule has 4 N–H and O–H groups in total. The number of amides is 1. The third-order valence-electron chi connectivity index (χ3n) is 1.77. The zero-order valence-electron chi connectivity index (χ0n) is 8.01. The molecule has 0 aliphatic heterocycles. The van der Waals surface area contributed by atoms with E-state index < -0.39 is 17.9 Å². The Hall–Kier alpha value is -1.88. The predicted molar refractivity (Wildman–Crippen MR) is 55.3 cm³/mol. The molecule has 15 heavy (non-hydrogen) atoms. The fraction of sp³-hybridized carbons (Fsp3) is 0.200. The second kappa shape index (κ2) is 5.11. The van der Waals surface area contributed by atoms with Crippen LogP contribution in [-0.4, -0.2) is 23.0 Å². The number of para-hydroxylation sites is 1. The van der Waals surface area contributed by atoms with Crippen molar-refractivity contribution in [3.8, 4) is 0 Å². The predicted octanol–water partition coefficient (Wildman–Crippen LogP) is 0.427. The van der Waals surface area contributed by atoms with E-state index in [0.717, 1.165) is 0 Å². The lowest BCUT2D eigenvalue weighted by molar-refractivity contribution is -0.138. The first-order valence-corrected chi connectivity index (χ1v) is 4.43. The van der Waals surface area contributed by atoms with Crippen LogP contribution in [0.25, 0.3) is 0 Å². The maximum atomic E-state index is 11.3. The second-order valence-electron chi connectivity index (χ2n) is 3.06. The van der Waals surface area contributed by atoms with Crippen molar-refractivity contribution in [3.63, 3.8) is 0 Å². The van der Waals surface area contributed by atoms with Crippen LogP contribution in [0.2, 0.25) is 0 Å². The summed E-state index contributed by atoms with van der Waals surface area (Å²) in [5.74, 6) is -1.59. The first kappa shape index (κ1) is 11.2. The molecule has 1 aromatic carbocycles. The highest BCUT2D eigenvalue weighted by Crippen LogP contribution is 2.05. The molecule has 1 atom stereocenters. The van der Waals surface area contributed by atoms with E-state index in [2.05, 4.69) is 5.32 Å². The minimum Gasteiger partial charge on any atom is -0.481 e. The molecular formula is C10H12N2O3. The summed E-state index contributed by atoms with van der Waals surface area (Å²) in [7, 11) is 0. The van der Waals surface area contributed by atoms with E-state index in [9.17, 15) is 9.59 Å². The van der Waals surface area contributed by atoms with Crippen LogP contribution in [0.1, 0.15) is 6.42 Å². The van der Waals surface area contributed by atoms with Crippen molar-refractivity contribution in [2.75, 3.05) is 5.32 Å². The first-order valence-electron chi connectivity index (χ1n) is 4.43. The molecule has 0 aromatic heterocycles. The van der Waals surface area contributed by atoms with Crippen LogP contribution >= 0.6 is 0 Å². The van der Waals surface area contributed by atoms with E-state index in [4.69, 9.17) is 10.8 Å². The molecule has 5 heteroatoms. The first-order chi connectivity index (χ1) is 7.09. The molecule has 1 rings (SSSR count). The Balaban J connectivity index is 2.52. The van der Waals surface area contributed by atoms with Crippen molar-refractivity contribution in [3.05, 3.63) is 30.3 Å². The number of nitrogens with two attached hydrogens (primary N) is 1. The van der Waals surface area contributed by atoms with Crippen molar-refractivity contribution in [2.45, 2.75) is 12.5 Å². The maximum absolute atomic E-state index is 11.3. The maximum Gasteiger partial charge on any atom is 0.305 e. The van der Waals surface area contributed by atoms with Crippen molar-refractivity contribution >= 4 is 17.6 Å². The topological polar surface area (TPSA) is 92.4 Å². The number of benzene rings is 1. The van der Waals surface area contributed by atoms with E-state index in [0.29, 0.717) is 5.69 Å². The van der Waals surface area contributed by atoms with E-state index in [1.807, 2.05) is 6.07 Å². The molecule has 80 valence electrons. The van der Waals surface area contributed by atoms with Gasteiger partial charge in [-0.3, -0.25) is 9.59 Å². The molecule has 0 heterocycles. The Morgan fingerprint density at radius 3 is 2.47 bits per heavy atom. The Kier molecular flexibility index (Phi) is 3.82. The van der Waals surface area contributed by atoms with Gasteiger partial charge < -0.3 is 16.2 Å². The van der Waals surface area contributed by atoms with Crippen LogP contribution in [0.5, 0.6) is 0 Å². The van der Waals surface area contributed by atoms with Gasteiger partial charge in [0, 0.05) is 5.69 Å². The Labute approximate surface area is 86.9 Å². The van der Waals surface area contributed by atoms with Gasteiger partial charge in [-0.2, -0.15) is 0 Å². The van der Waals surface area contributed by atoms with Gasteiger partial charge in [-0.05, 0) is 12.1 Å². The summed E-state index contributed by atoms with van der Waals surface area (Å²) in [5, 5.41) is 11.0.